The highest BCUT2D eigenvalue weighted by Gasteiger charge is 2.32. The van der Waals surface area contributed by atoms with Gasteiger partial charge in [-0.15, -0.1) is 0 Å². The molecule has 0 aliphatic carbocycles. The van der Waals surface area contributed by atoms with E-state index in [0.717, 1.165) is 11.3 Å². The molecule has 0 radical (unpaired) electrons. The molecule has 174 valence electrons. The predicted molar refractivity (Wildman–Crippen MR) is 126 cm³/mol. The summed E-state index contributed by atoms with van der Waals surface area (Å²) in [7, 11) is 2.88. The van der Waals surface area contributed by atoms with Gasteiger partial charge in [0.15, 0.2) is 0 Å². The highest BCUT2D eigenvalue weighted by molar-refractivity contribution is 6.09. The SMILES string of the molecule is COC(=O)c1ccc2c(c1)N(C(=O)C=Cc1ccc(OC)cc1)CCN2C(=O)OC(C)(C)C. The smallest absolute Gasteiger partial charge is 0.414 e. The normalized spacial score (nSPS) is 13.5. The van der Waals surface area contributed by atoms with Crippen molar-refractivity contribution in [3.05, 3.63) is 59.7 Å². The van der Waals surface area contributed by atoms with Crippen LogP contribution in [0, 0.1) is 0 Å². The Morgan fingerprint density at radius 2 is 1.58 bits per heavy atom. The molecular weight excluding hydrogens is 424 g/mol. The lowest BCUT2D eigenvalue weighted by Crippen LogP contribution is -2.47. The molecule has 1 aliphatic rings. The third-order valence-electron chi connectivity index (χ3n) is 4.94. The fourth-order valence-electron chi connectivity index (χ4n) is 3.36. The summed E-state index contributed by atoms with van der Waals surface area (Å²) >= 11 is 0. The molecule has 0 atom stereocenters. The summed E-state index contributed by atoms with van der Waals surface area (Å²) in [6.45, 7) is 5.85. The Hall–Kier alpha value is -3.81. The number of carbonyl (C=O) groups excluding carboxylic acids is 3. The number of benzene rings is 2. The number of hydrogen-bond acceptors (Lipinski definition) is 6. The Balaban J connectivity index is 1.92. The Labute approximate surface area is 193 Å². The van der Waals surface area contributed by atoms with Gasteiger partial charge in [0.25, 0.3) is 5.91 Å². The van der Waals surface area contributed by atoms with E-state index in [4.69, 9.17) is 14.2 Å². The number of hydrogen-bond donors (Lipinski definition) is 0. The molecule has 0 unspecified atom stereocenters. The molecular formula is C25H28N2O6. The topological polar surface area (TPSA) is 85.4 Å². The number of rotatable bonds is 4. The number of methoxy groups -OCH3 is 2. The molecule has 2 aromatic carbocycles. The maximum absolute atomic E-state index is 13.1. The summed E-state index contributed by atoms with van der Waals surface area (Å²) in [5.74, 6) is -0.0905. The first-order chi connectivity index (χ1) is 15.6. The van der Waals surface area contributed by atoms with Gasteiger partial charge in [-0.25, -0.2) is 9.59 Å². The van der Waals surface area contributed by atoms with Gasteiger partial charge in [-0.3, -0.25) is 9.69 Å². The zero-order chi connectivity index (χ0) is 24.2. The number of esters is 1. The minimum Gasteiger partial charge on any atom is -0.497 e. The van der Waals surface area contributed by atoms with Crippen molar-refractivity contribution in [2.45, 2.75) is 26.4 Å². The quantitative estimate of drug-likeness (QED) is 0.508. The number of anilines is 2. The Morgan fingerprint density at radius 1 is 0.909 bits per heavy atom. The average Bonchev–Trinajstić information content (AvgIpc) is 2.80. The van der Waals surface area contributed by atoms with Crippen molar-refractivity contribution in [1.82, 2.24) is 0 Å². The lowest BCUT2D eigenvalue weighted by molar-refractivity contribution is -0.114. The van der Waals surface area contributed by atoms with Gasteiger partial charge in [-0.05, 0) is 62.7 Å². The zero-order valence-corrected chi connectivity index (χ0v) is 19.5. The summed E-state index contributed by atoms with van der Waals surface area (Å²) in [4.78, 5) is 40.9. The van der Waals surface area contributed by atoms with Crippen molar-refractivity contribution >= 4 is 35.4 Å². The molecule has 0 N–H and O–H groups in total. The van der Waals surface area contributed by atoms with Gasteiger partial charge in [0, 0.05) is 19.2 Å². The highest BCUT2D eigenvalue weighted by atomic mass is 16.6. The Morgan fingerprint density at radius 3 is 2.18 bits per heavy atom. The fraction of sp³-hybridized carbons (Fsp3) is 0.320. The third-order valence-corrected chi connectivity index (χ3v) is 4.94. The van der Waals surface area contributed by atoms with E-state index in [1.807, 2.05) is 24.3 Å². The van der Waals surface area contributed by atoms with E-state index in [9.17, 15) is 14.4 Å². The minimum absolute atomic E-state index is 0.239. The van der Waals surface area contributed by atoms with Crippen LogP contribution in [-0.4, -0.2) is 50.9 Å². The molecule has 8 heteroatoms. The Bertz CT molecular complexity index is 1070. The van der Waals surface area contributed by atoms with Crippen LogP contribution in [-0.2, 0) is 14.3 Å². The second-order valence-electron chi connectivity index (χ2n) is 8.42. The first-order valence-corrected chi connectivity index (χ1v) is 10.5. The van der Waals surface area contributed by atoms with Crippen molar-refractivity contribution < 1.29 is 28.6 Å². The van der Waals surface area contributed by atoms with Crippen molar-refractivity contribution in [2.24, 2.45) is 0 Å². The van der Waals surface area contributed by atoms with E-state index in [2.05, 4.69) is 0 Å². The van der Waals surface area contributed by atoms with Crippen LogP contribution in [0.1, 0.15) is 36.7 Å². The molecule has 1 aliphatic heterocycles. The van der Waals surface area contributed by atoms with Gasteiger partial charge in [0.05, 0.1) is 31.2 Å². The van der Waals surface area contributed by atoms with E-state index >= 15 is 0 Å². The largest absolute Gasteiger partial charge is 0.497 e. The van der Waals surface area contributed by atoms with E-state index in [-0.39, 0.29) is 24.6 Å². The molecule has 2 aromatic rings. The second-order valence-corrected chi connectivity index (χ2v) is 8.42. The van der Waals surface area contributed by atoms with Gasteiger partial charge in [-0.2, -0.15) is 0 Å². The zero-order valence-electron chi connectivity index (χ0n) is 19.5. The third kappa shape index (κ3) is 5.71. The van der Waals surface area contributed by atoms with Gasteiger partial charge in [0.1, 0.15) is 11.4 Å². The number of amides is 2. The minimum atomic E-state index is -0.669. The van der Waals surface area contributed by atoms with E-state index < -0.39 is 17.7 Å². The molecule has 0 fully saturated rings. The molecule has 0 spiro atoms. The molecule has 3 rings (SSSR count). The van der Waals surface area contributed by atoms with Gasteiger partial charge in [-0.1, -0.05) is 12.1 Å². The molecule has 0 saturated heterocycles. The number of ether oxygens (including phenoxy) is 3. The predicted octanol–water partition coefficient (Wildman–Crippen LogP) is 4.28. The lowest BCUT2D eigenvalue weighted by Gasteiger charge is -2.37. The molecule has 33 heavy (non-hydrogen) atoms. The summed E-state index contributed by atoms with van der Waals surface area (Å²) < 4.78 is 15.5. The monoisotopic (exact) mass is 452 g/mol. The molecule has 8 nitrogen and oxygen atoms in total. The summed E-state index contributed by atoms with van der Waals surface area (Å²) in [5.41, 5.74) is 1.35. The summed E-state index contributed by atoms with van der Waals surface area (Å²) in [6.07, 6.45) is 2.64. The van der Waals surface area contributed by atoms with Gasteiger partial charge in [0.2, 0.25) is 0 Å². The van der Waals surface area contributed by atoms with Crippen LogP contribution >= 0.6 is 0 Å². The standard InChI is InChI=1S/C25H28N2O6/c1-25(2,3)33-24(30)27-15-14-26(21-16-18(23(29)32-5)9-12-20(21)27)22(28)13-8-17-6-10-19(31-4)11-7-17/h6-13,16H,14-15H2,1-5H3. The van der Waals surface area contributed by atoms with Crippen molar-refractivity contribution in [3.8, 4) is 5.75 Å². The molecule has 2 amide bonds. The van der Waals surface area contributed by atoms with Gasteiger partial charge < -0.3 is 19.1 Å². The van der Waals surface area contributed by atoms with Crippen LogP contribution in [0.25, 0.3) is 6.08 Å². The maximum atomic E-state index is 13.1. The lowest BCUT2D eigenvalue weighted by atomic mass is 10.1. The first kappa shape index (κ1) is 23.8. The van der Waals surface area contributed by atoms with E-state index in [0.29, 0.717) is 11.4 Å². The Kier molecular flexibility index (Phi) is 7.06. The van der Waals surface area contributed by atoms with Crippen LogP contribution in [0.5, 0.6) is 5.75 Å². The second kappa shape index (κ2) is 9.77. The maximum Gasteiger partial charge on any atom is 0.414 e. The summed E-state index contributed by atoms with van der Waals surface area (Å²) in [5, 5.41) is 0. The molecule has 0 bridgehead atoms. The fourth-order valence-corrected chi connectivity index (χ4v) is 3.36. The molecule has 0 aromatic heterocycles. The van der Waals surface area contributed by atoms with Crippen molar-refractivity contribution in [2.75, 3.05) is 37.1 Å². The van der Waals surface area contributed by atoms with Crippen molar-refractivity contribution in [1.29, 1.82) is 0 Å². The van der Waals surface area contributed by atoms with Crippen LogP contribution in [0.4, 0.5) is 16.2 Å². The van der Waals surface area contributed by atoms with Crippen LogP contribution < -0.4 is 14.5 Å². The number of nitrogens with zero attached hydrogens (tertiary/aromatic N) is 2. The van der Waals surface area contributed by atoms with E-state index in [1.165, 1.54) is 23.0 Å². The highest BCUT2D eigenvalue weighted by Crippen LogP contribution is 2.35. The molecule has 0 saturated carbocycles. The summed E-state index contributed by atoms with van der Waals surface area (Å²) in [6, 6.07) is 12.0. The number of carbonyl (C=O) groups is 3. The first-order valence-electron chi connectivity index (χ1n) is 10.5. The van der Waals surface area contributed by atoms with Crippen molar-refractivity contribution in [3.63, 3.8) is 0 Å². The average molecular weight is 453 g/mol. The van der Waals surface area contributed by atoms with Crippen LogP contribution in [0.3, 0.4) is 0 Å². The number of fused-ring (bicyclic) bond motifs is 1. The van der Waals surface area contributed by atoms with E-state index in [1.54, 1.807) is 52.2 Å². The molecule has 1 heterocycles. The van der Waals surface area contributed by atoms with Crippen LogP contribution in [0.2, 0.25) is 0 Å². The van der Waals surface area contributed by atoms with Gasteiger partial charge >= 0.3 is 12.1 Å². The van der Waals surface area contributed by atoms with Crippen LogP contribution in [0.15, 0.2) is 48.5 Å².